The summed E-state index contributed by atoms with van der Waals surface area (Å²) in [5.41, 5.74) is 3.34. The van der Waals surface area contributed by atoms with Crippen molar-refractivity contribution in [3.63, 3.8) is 0 Å². The van der Waals surface area contributed by atoms with Crippen LogP contribution in [-0.4, -0.2) is 54.1 Å². The largest absolute Gasteiger partial charge is 0.374 e. The van der Waals surface area contributed by atoms with E-state index in [4.69, 9.17) is 9.84 Å². The molecule has 1 aromatic carbocycles. The van der Waals surface area contributed by atoms with Gasteiger partial charge in [-0.15, -0.1) is 11.3 Å². The van der Waals surface area contributed by atoms with Gasteiger partial charge in [-0.3, -0.25) is 0 Å². The summed E-state index contributed by atoms with van der Waals surface area (Å²) in [4.78, 5) is 3.52. The molecule has 1 N–H and O–H groups in total. The van der Waals surface area contributed by atoms with E-state index in [1.807, 2.05) is 22.9 Å². The monoisotopic (exact) mass is 368 g/mol. The number of morpholine rings is 1. The lowest BCUT2D eigenvalue weighted by atomic mass is 10.2. The highest BCUT2D eigenvalue weighted by Crippen LogP contribution is 2.27. The normalized spacial score (nSPS) is 18.3. The molecule has 0 amide bonds. The Hall–Kier alpha value is -1.99. The Morgan fingerprint density at radius 1 is 1.23 bits per heavy atom. The van der Waals surface area contributed by atoms with Gasteiger partial charge in [0.25, 0.3) is 0 Å². The molecule has 3 aromatic rings. The predicted molar refractivity (Wildman–Crippen MR) is 106 cm³/mol. The SMILES string of the molecule is CN1CCOC(CNCc2cn(-c3ccccc3)nc2-c2cccs2)C1. The maximum atomic E-state index is 5.84. The number of hydrogen-bond donors (Lipinski definition) is 1. The average molecular weight is 369 g/mol. The number of hydrogen-bond acceptors (Lipinski definition) is 5. The molecule has 0 bridgehead atoms. The Morgan fingerprint density at radius 3 is 2.88 bits per heavy atom. The van der Waals surface area contributed by atoms with Gasteiger partial charge in [-0.05, 0) is 30.6 Å². The maximum Gasteiger partial charge on any atom is 0.107 e. The molecule has 0 radical (unpaired) electrons. The number of likely N-dealkylation sites (N-methyl/N-ethyl adjacent to an activating group) is 1. The van der Waals surface area contributed by atoms with Crippen LogP contribution in [0, 0.1) is 0 Å². The van der Waals surface area contributed by atoms with E-state index < -0.39 is 0 Å². The van der Waals surface area contributed by atoms with Crippen LogP contribution in [0.3, 0.4) is 0 Å². The van der Waals surface area contributed by atoms with E-state index in [0.29, 0.717) is 0 Å². The smallest absolute Gasteiger partial charge is 0.107 e. The zero-order valence-corrected chi connectivity index (χ0v) is 15.8. The second kappa shape index (κ2) is 8.14. The number of nitrogens with zero attached hydrogens (tertiary/aromatic N) is 3. The van der Waals surface area contributed by atoms with E-state index >= 15 is 0 Å². The van der Waals surface area contributed by atoms with E-state index in [1.54, 1.807) is 11.3 Å². The molecule has 6 heteroatoms. The third kappa shape index (κ3) is 4.04. The summed E-state index contributed by atoms with van der Waals surface area (Å²) in [6.45, 7) is 4.44. The van der Waals surface area contributed by atoms with E-state index in [-0.39, 0.29) is 6.10 Å². The highest BCUT2D eigenvalue weighted by molar-refractivity contribution is 7.13. The van der Waals surface area contributed by atoms with Crippen LogP contribution in [0.25, 0.3) is 16.3 Å². The lowest BCUT2D eigenvalue weighted by Crippen LogP contribution is -2.44. The maximum absolute atomic E-state index is 5.84. The van der Waals surface area contributed by atoms with Crippen molar-refractivity contribution in [2.75, 3.05) is 33.3 Å². The van der Waals surface area contributed by atoms with Gasteiger partial charge in [0.1, 0.15) is 5.69 Å². The van der Waals surface area contributed by atoms with Crippen LogP contribution >= 0.6 is 11.3 Å². The third-order valence-corrected chi connectivity index (χ3v) is 5.47. The van der Waals surface area contributed by atoms with Crippen molar-refractivity contribution in [3.8, 4) is 16.3 Å². The van der Waals surface area contributed by atoms with Crippen LogP contribution in [0.5, 0.6) is 0 Å². The van der Waals surface area contributed by atoms with Crippen molar-refractivity contribution in [2.45, 2.75) is 12.6 Å². The molecule has 0 aliphatic carbocycles. The zero-order chi connectivity index (χ0) is 17.8. The summed E-state index contributed by atoms with van der Waals surface area (Å²) in [6, 6.07) is 14.5. The van der Waals surface area contributed by atoms with Crippen molar-refractivity contribution in [3.05, 3.63) is 59.6 Å². The highest BCUT2D eigenvalue weighted by atomic mass is 32.1. The predicted octanol–water partition coefficient (Wildman–Crippen LogP) is 3.02. The molecule has 5 nitrogen and oxygen atoms in total. The standard InChI is InChI=1S/C20H24N4OS/c1-23-9-10-25-18(15-23)13-21-12-16-14-24(17-6-3-2-4-7-17)22-20(16)19-8-5-11-26-19/h2-8,11,14,18,21H,9-10,12-13,15H2,1H3. The van der Waals surface area contributed by atoms with Gasteiger partial charge in [-0.25, -0.2) is 4.68 Å². The van der Waals surface area contributed by atoms with Gasteiger partial charge in [0.05, 0.1) is 23.3 Å². The van der Waals surface area contributed by atoms with Crippen LogP contribution in [0.15, 0.2) is 54.0 Å². The number of benzene rings is 1. The molecule has 1 atom stereocenters. The van der Waals surface area contributed by atoms with Crippen molar-refractivity contribution in [2.24, 2.45) is 0 Å². The lowest BCUT2D eigenvalue weighted by molar-refractivity contribution is -0.0182. The van der Waals surface area contributed by atoms with Crippen LogP contribution in [-0.2, 0) is 11.3 Å². The van der Waals surface area contributed by atoms with Gasteiger partial charge in [-0.2, -0.15) is 5.10 Å². The van der Waals surface area contributed by atoms with E-state index in [0.717, 1.165) is 44.2 Å². The Balaban J connectivity index is 1.50. The summed E-state index contributed by atoms with van der Waals surface area (Å²) in [7, 11) is 2.15. The van der Waals surface area contributed by atoms with Crippen molar-refractivity contribution in [1.29, 1.82) is 0 Å². The Bertz CT molecular complexity index is 816. The number of thiophene rings is 1. The van der Waals surface area contributed by atoms with Crippen LogP contribution in [0.4, 0.5) is 0 Å². The molecule has 1 saturated heterocycles. The molecule has 0 saturated carbocycles. The second-order valence-electron chi connectivity index (χ2n) is 6.65. The quantitative estimate of drug-likeness (QED) is 0.726. The van der Waals surface area contributed by atoms with Crippen LogP contribution in [0.2, 0.25) is 0 Å². The molecule has 3 heterocycles. The summed E-state index contributed by atoms with van der Waals surface area (Å²) in [6.07, 6.45) is 2.38. The summed E-state index contributed by atoms with van der Waals surface area (Å²) < 4.78 is 7.81. The first-order valence-corrected chi connectivity index (χ1v) is 9.86. The van der Waals surface area contributed by atoms with Gasteiger partial charge in [0.15, 0.2) is 0 Å². The average Bonchev–Trinajstić information content (AvgIpc) is 3.32. The fourth-order valence-electron chi connectivity index (χ4n) is 3.23. The lowest BCUT2D eigenvalue weighted by Gasteiger charge is -2.30. The molecule has 26 heavy (non-hydrogen) atoms. The number of para-hydroxylation sites is 1. The fourth-order valence-corrected chi connectivity index (χ4v) is 3.98. The Labute approximate surface area is 158 Å². The molecule has 1 fully saturated rings. The van der Waals surface area contributed by atoms with Gasteiger partial charge >= 0.3 is 0 Å². The van der Waals surface area contributed by atoms with Crippen molar-refractivity contribution < 1.29 is 4.74 Å². The molecule has 0 spiro atoms. The molecule has 1 aliphatic rings. The molecular formula is C20H24N4OS. The zero-order valence-electron chi connectivity index (χ0n) is 15.0. The molecule has 4 rings (SSSR count). The minimum Gasteiger partial charge on any atom is -0.374 e. The molecule has 1 unspecified atom stereocenters. The first-order valence-electron chi connectivity index (χ1n) is 8.98. The Kier molecular flexibility index (Phi) is 5.45. The van der Waals surface area contributed by atoms with Crippen LogP contribution < -0.4 is 5.32 Å². The summed E-state index contributed by atoms with van der Waals surface area (Å²) >= 11 is 1.73. The number of ether oxygens (including phenoxy) is 1. The first-order chi connectivity index (χ1) is 12.8. The van der Waals surface area contributed by atoms with Gasteiger partial charge in [0, 0.05) is 37.9 Å². The van der Waals surface area contributed by atoms with Crippen molar-refractivity contribution >= 4 is 11.3 Å². The molecular weight excluding hydrogens is 344 g/mol. The summed E-state index contributed by atoms with van der Waals surface area (Å²) in [5.74, 6) is 0. The molecule has 2 aromatic heterocycles. The topological polar surface area (TPSA) is 42.3 Å². The van der Waals surface area contributed by atoms with E-state index in [1.165, 1.54) is 10.4 Å². The molecule has 1 aliphatic heterocycles. The van der Waals surface area contributed by atoms with Crippen molar-refractivity contribution in [1.82, 2.24) is 20.0 Å². The minimum atomic E-state index is 0.253. The summed E-state index contributed by atoms with van der Waals surface area (Å²) in [5, 5.41) is 10.5. The fraction of sp³-hybridized carbons (Fsp3) is 0.350. The van der Waals surface area contributed by atoms with Crippen LogP contribution in [0.1, 0.15) is 5.56 Å². The minimum absolute atomic E-state index is 0.253. The Morgan fingerprint density at radius 2 is 2.12 bits per heavy atom. The number of nitrogens with one attached hydrogen (secondary N) is 1. The van der Waals surface area contributed by atoms with E-state index in [9.17, 15) is 0 Å². The number of rotatable bonds is 6. The first kappa shape index (κ1) is 17.4. The number of aromatic nitrogens is 2. The molecule has 136 valence electrons. The van der Waals surface area contributed by atoms with Gasteiger partial charge < -0.3 is 15.0 Å². The van der Waals surface area contributed by atoms with E-state index in [2.05, 4.69) is 53.1 Å². The third-order valence-electron chi connectivity index (χ3n) is 4.59. The van der Waals surface area contributed by atoms with Gasteiger partial charge in [0.2, 0.25) is 0 Å². The highest BCUT2D eigenvalue weighted by Gasteiger charge is 2.18. The second-order valence-corrected chi connectivity index (χ2v) is 7.59. The van der Waals surface area contributed by atoms with Gasteiger partial charge in [-0.1, -0.05) is 24.3 Å².